The first-order valence-corrected chi connectivity index (χ1v) is 3.87. The largest absolute Gasteiger partial charge is 0.412 e. The molecule has 2 unspecified atom stereocenters. The SMILES string of the molecule is CC1C=C(C(F)(F)F)CCC1O. The van der Waals surface area contributed by atoms with E-state index < -0.39 is 17.9 Å². The van der Waals surface area contributed by atoms with Gasteiger partial charge in [-0.05, 0) is 12.8 Å². The van der Waals surface area contributed by atoms with Crippen molar-refractivity contribution in [3.05, 3.63) is 11.6 Å². The average molecular weight is 180 g/mol. The number of alkyl halides is 3. The normalized spacial score (nSPS) is 31.6. The molecule has 0 spiro atoms. The maximum absolute atomic E-state index is 12.1. The molecular weight excluding hydrogens is 169 g/mol. The van der Waals surface area contributed by atoms with Gasteiger partial charge in [-0.25, -0.2) is 0 Å². The zero-order valence-corrected chi connectivity index (χ0v) is 6.73. The van der Waals surface area contributed by atoms with Gasteiger partial charge >= 0.3 is 6.18 Å². The Bertz CT molecular complexity index is 195. The van der Waals surface area contributed by atoms with Crippen LogP contribution in [0.4, 0.5) is 13.2 Å². The van der Waals surface area contributed by atoms with E-state index in [0.717, 1.165) is 6.08 Å². The van der Waals surface area contributed by atoms with Crippen molar-refractivity contribution >= 4 is 0 Å². The summed E-state index contributed by atoms with van der Waals surface area (Å²) < 4.78 is 36.3. The summed E-state index contributed by atoms with van der Waals surface area (Å²) in [7, 11) is 0. The second kappa shape index (κ2) is 3.09. The highest BCUT2D eigenvalue weighted by atomic mass is 19.4. The zero-order valence-electron chi connectivity index (χ0n) is 6.73. The Labute approximate surface area is 68.9 Å². The summed E-state index contributed by atoms with van der Waals surface area (Å²) in [6.45, 7) is 1.59. The van der Waals surface area contributed by atoms with Crippen molar-refractivity contribution in [3.63, 3.8) is 0 Å². The molecule has 0 bridgehead atoms. The number of aliphatic hydroxyl groups excluding tert-OH is 1. The summed E-state index contributed by atoms with van der Waals surface area (Å²) in [5.74, 6) is -0.379. The second-order valence-corrected chi connectivity index (χ2v) is 3.15. The lowest BCUT2D eigenvalue weighted by molar-refractivity contribution is -0.0973. The van der Waals surface area contributed by atoms with E-state index in [0.29, 0.717) is 0 Å². The van der Waals surface area contributed by atoms with E-state index in [9.17, 15) is 13.2 Å². The van der Waals surface area contributed by atoms with Crippen LogP contribution in [0.3, 0.4) is 0 Å². The van der Waals surface area contributed by atoms with E-state index in [1.165, 1.54) is 0 Å². The molecular formula is C8H11F3O. The van der Waals surface area contributed by atoms with Crippen LogP contribution in [0.2, 0.25) is 0 Å². The minimum Gasteiger partial charge on any atom is -0.393 e. The van der Waals surface area contributed by atoms with Gasteiger partial charge in [-0.2, -0.15) is 13.2 Å². The monoisotopic (exact) mass is 180 g/mol. The molecule has 0 aromatic heterocycles. The van der Waals surface area contributed by atoms with Crippen LogP contribution < -0.4 is 0 Å². The van der Waals surface area contributed by atoms with Crippen LogP contribution in [-0.2, 0) is 0 Å². The molecule has 0 saturated carbocycles. The molecule has 1 nitrogen and oxygen atoms in total. The highest BCUT2D eigenvalue weighted by Crippen LogP contribution is 2.34. The van der Waals surface area contributed by atoms with Crippen molar-refractivity contribution < 1.29 is 18.3 Å². The third-order valence-electron chi connectivity index (χ3n) is 2.14. The Morgan fingerprint density at radius 2 is 2.08 bits per heavy atom. The minimum absolute atomic E-state index is 0.0605. The van der Waals surface area contributed by atoms with Gasteiger partial charge in [0.2, 0.25) is 0 Å². The van der Waals surface area contributed by atoms with Crippen LogP contribution in [0.15, 0.2) is 11.6 Å². The molecule has 0 amide bonds. The van der Waals surface area contributed by atoms with E-state index in [4.69, 9.17) is 5.11 Å². The van der Waals surface area contributed by atoms with Crippen molar-refractivity contribution in [1.29, 1.82) is 0 Å². The van der Waals surface area contributed by atoms with Gasteiger partial charge in [0.1, 0.15) is 0 Å². The summed E-state index contributed by atoms with van der Waals surface area (Å²) in [6.07, 6.45) is -3.56. The molecule has 0 saturated heterocycles. The Balaban J connectivity index is 2.75. The molecule has 1 rings (SSSR count). The fraction of sp³-hybridized carbons (Fsp3) is 0.750. The fourth-order valence-corrected chi connectivity index (χ4v) is 1.31. The van der Waals surface area contributed by atoms with Gasteiger partial charge in [0.05, 0.1) is 6.10 Å². The maximum atomic E-state index is 12.1. The fourth-order valence-electron chi connectivity index (χ4n) is 1.31. The van der Waals surface area contributed by atoms with Gasteiger partial charge in [0.15, 0.2) is 0 Å². The third kappa shape index (κ3) is 2.00. The summed E-state index contributed by atoms with van der Waals surface area (Å²) in [4.78, 5) is 0. The predicted octanol–water partition coefficient (Wildman–Crippen LogP) is 2.27. The van der Waals surface area contributed by atoms with Crippen molar-refractivity contribution in [3.8, 4) is 0 Å². The summed E-state index contributed by atoms with van der Waals surface area (Å²) >= 11 is 0. The zero-order chi connectivity index (χ0) is 9.35. The van der Waals surface area contributed by atoms with Gasteiger partial charge in [0, 0.05) is 11.5 Å². The van der Waals surface area contributed by atoms with Crippen molar-refractivity contribution in [2.45, 2.75) is 32.0 Å². The molecule has 1 aliphatic rings. The number of aliphatic hydroxyl groups is 1. The van der Waals surface area contributed by atoms with Gasteiger partial charge in [-0.1, -0.05) is 13.0 Å². The summed E-state index contributed by atoms with van der Waals surface area (Å²) in [5.41, 5.74) is -0.500. The maximum Gasteiger partial charge on any atom is 0.412 e. The van der Waals surface area contributed by atoms with Crippen LogP contribution >= 0.6 is 0 Å². The molecule has 2 atom stereocenters. The van der Waals surface area contributed by atoms with Gasteiger partial charge in [0.25, 0.3) is 0 Å². The van der Waals surface area contributed by atoms with Gasteiger partial charge in [-0.3, -0.25) is 0 Å². The van der Waals surface area contributed by atoms with E-state index in [1.54, 1.807) is 6.92 Å². The number of hydrogen-bond donors (Lipinski definition) is 1. The lowest BCUT2D eigenvalue weighted by Crippen LogP contribution is -2.25. The molecule has 1 aliphatic carbocycles. The first-order valence-electron chi connectivity index (χ1n) is 3.87. The summed E-state index contributed by atoms with van der Waals surface area (Å²) in [6, 6.07) is 0. The Morgan fingerprint density at radius 3 is 2.50 bits per heavy atom. The number of halogens is 3. The summed E-state index contributed by atoms with van der Waals surface area (Å²) in [5, 5.41) is 9.15. The second-order valence-electron chi connectivity index (χ2n) is 3.15. The Hall–Kier alpha value is -0.510. The lowest BCUT2D eigenvalue weighted by atomic mass is 9.89. The van der Waals surface area contributed by atoms with Crippen LogP contribution in [0.1, 0.15) is 19.8 Å². The van der Waals surface area contributed by atoms with Gasteiger partial charge in [-0.15, -0.1) is 0 Å². The molecule has 0 aliphatic heterocycles. The predicted molar refractivity (Wildman–Crippen MR) is 38.5 cm³/mol. The first kappa shape index (κ1) is 9.58. The van der Waals surface area contributed by atoms with E-state index in [-0.39, 0.29) is 18.8 Å². The van der Waals surface area contributed by atoms with Crippen molar-refractivity contribution in [2.75, 3.05) is 0 Å². The molecule has 0 heterocycles. The molecule has 12 heavy (non-hydrogen) atoms. The standard InChI is InChI=1S/C8H11F3O/c1-5-4-6(8(9,10)11)2-3-7(5)12/h4-5,7,12H,2-3H2,1H3. The highest BCUT2D eigenvalue weighted by Gasteiger charge is 2.36. The number of hydrogen-bond acceptors (Lipinski definition) is 1. The first-order chi connectivity index (χ1) is 5.41. The van der Waals surface area contributed by atoms with Crippen LogP contribution in [0, 0.1) is 5.92 Å². The van der Waals surface area contributed by atoms with E-state index >= 15 is 0 Å². The molecule has 4 heteroatoms. The molecule has 0 aromatic rings. The number of rotatable bonds is 0. The van der Waals surface area contributed by atoms with Crippen molar-refractivity contribution in [2.24, 2.45) is 5.92 Å². The third-order valence-corrected chi connectivity index (χ3v) is 2.14. The number of allylic oxidation sites excluding steroid dienone is 1. The Kier molecular flexibility index (Phi) is 2.46. The average Bonchev–Trinajstić information content (AvgIpc) is 1.92. The smallest absolute Gasteiger partial charge is 0.393 e. The minimum atomic E-state index is -4.21. The molecule has 70 valence electrons. The molecule has 1 N–H and O–H groups in total. The van der Waals surface area contributed by atoms with Crippen LogP contribution in [0.25, 0.3) is 0 Å². The molecule has 0 aromatic carbocycles. The highest BCUT2D eigenvalue weighted by molar-refractivity contribution is 5.14. The topological polar surface area (TPSA) is 20.2 Å². The van der Waals surface area contributed by atoms with Crippen LogP contribution in [-0.4, -0.2) is 17.4 Å². The Morgan fingerprint density at radius 1 is 1.50 bits per heavy atom. The van der Waals surface area contributed by atoms with Crippen molar-refractivity contribution in [1.82, 2.24) is 0 Å². The van der Waals surface area contributed by atoms with Crippen LogP contribution in [0.5, 0.6) is 0 Å². The lowest BCUT2D eigenvalue weighted by Gasteiger charge is -2.24. The van der Waals surface area contributed by atoms with E-state index in [1.807, 2.05) is 0 Å². The van der Waals surface area contributed by atoms with E-state index in [2.05, 4.69) is 0 Å². The quantitative estimate of drug-likeness (QED) is 0.567. The molecule has 0 radical (unpaired) electrons. The molecule has 0 fully saturated rings. The van der Waals surface area contributed by atoms with Gasteiger partial charge < -0.3 is 5.11 Å².